The van der Waals surface area contributed by atoms with Crippen molar-refractivity contribution in [1.29, 1.82) is 0 Å². The van der Waals surface area contributed by atoms with E-state index in [1.807, 2.05) is 18.2 Å². The average Bonchev–Trinajstić information content (AvgIpc) is 2.92. The number of esters is 1. The summed E-state index contributed by atoms with van der Waals surface area (Å²) in [5.41, 5.74) is 0.682. The number of rotatable bonds is 2. The summed E-state index contributed by atoms with van der Waals surface area (Å²) in [4.78, 5) is 10.9. The molecular weight excluding hydrogens is 308 g/mol. The van der Waals surface area contributed by atoms with E-state index in [-0.39, 0.29) is 5.97 Å². The predicted molar refractivity (Wildman–Crippen MR) is 84.8 cm³/mol. The molecule has 1 aliphatic heterocycles. The Hall–Kier alpha value is -1.08. The first kappa shape index (κ1) is 14.8. The second-order valence-electron chi connectivity index (χ2n) is 5.06. The Morgan fingerprint density at radius 2 is 2.24 bits per heavy atom. The second kappa shape index (κ2) is 5.61. The molecule has 3 rings (SSSR count). The highest BCUT2D eigenvalue weighted by atomic mass is 32.2. The molecule has 21 heavy (non-hydrogen) atoms. The zero-order valence-electron chi connectivity index (χ0n) is 11.5. The molecule has 2 aromatic rings. The van der Waals surface area contributed by atoms with E-state index in [1.165, 1.54) is 30.2 Å². The van der Waals surface area contributed by atoms with E-state index in [2.05, 4.69) is 0 Å². The predicted octanol–water partition coefficient (Wildman–Crippen LogP) is 2.72. The van der Waals surface area contributed by atoms with Crippen LogP contribution in [0.15, 0.2) is 24.3 Å². The number of ether oxygens (including phenoxy) is 1. The molecule has 1 aromatic heterocycles. The smallest absolute Gasteiger partial charge is 0.348 e. The van der Waals surface area contributed by atoms with E-state index < -0.39 is 11.0 Å². The number of hydrogen-bond donors (Lipinski definition) is 2. The van der Waals surface area contributed by atoms with Gasteiger partial charge in [0.1, 0.15) is 4.88 Å². The van der Waals surface area contributed by atoms with Crippen molar-refractivity contribution in [2.75, 3.05) is 12.9 Å². The van der Waals surface area contributed by atoms with E-state index in [4.69, 9.17) is 4.74 Å². The van der Waals surface area contributed by atoms with Crippen LogP contribution in [0.2, 0.25) is 0 Å². The number of benzene rings is 1. The van der Waals surface area contributed by atoms with Gasteiger partial charge in [0.15, 0.2) is 4.93 Å². The molecule has 2 heterocycles. The van der Waals surface area contributed by atoms with Crippen LogP contribution in [0.1, 0.15) is 28.1 Å². The standard InChI is InChI=1S/C15H16O4S2/c1-19-14(17)12-8-9-7-10(4-5-11(9)21-12)15(18)13(16)3-2-6-20-15/h4-5,7-8,13,16,18H,2-3,6H2,1H3. The summed E-state index contributed by atoms with van der Waals surface area (Å²) in [6, 6.07) is 7.31. The number of aliphatic hydroxyl groups excluding tert-OH is 1. The fraction of sp³-hybridized carbons (Fsp3) is 0.400. The van der Waals surface area contributed by atoms with Crippen molar-refractivity contribution >= 4 is 39.2 Å². The normalized spacial score (nSPS) is 26.0. The zero-order chi connectivity index (χ0) is 15.0. The molecule has 0 saturated carbocycles. The van der Waals surface area contributed by atoms with Gasteiger partial charge >= 0.3 is 5.97 Å². The van der Waals surface area contributed by atoms with Crippen molar-refractivity contribution < 1.29 is 19.7 Å². The van der Waals surface area contributed by atoms with E-state index in [1.54, 1.807) is 6.07 Å². The van der Waals surface area contributed by atoms with Crippen molar-refractivity contribution in [3.8, 4) is 0 Å². The lowest BCUT2D eigenvalue weighted by Gasteiger charge is -2.36. The molecule has 1 fully saturated rings. The second-order valence-corrected chi connectivity index (χ2v) is 7.46. The Morgan fingerprint density at radius 1 is 1.43 bits per heavy atom. The molecule has 0 radical (unpaired) electrons. The molecular formula is C15H16O4S2. The lowest BCUT2D eigenvalue weighted by atomic mass is 9.98. The summed E-state index contributed by atoms with van der Waals surface area (Å²) >= 11 is 2.73. The quantitative estimate of drug-likeness (QED) is 0.832. The number of thioether (sulfide) groups is 1. The molecule has 6 heteroatoms. The summed E-state index contributed by atoms with van der Waals surface area (Å²) < 4.78 is 5.68. The van der Waals surface area contributed by atoms with Gasteiger partial charge in [0, 0.05) is 4.70 Å². The third-order valence-electron chi connectivity index (χ3n) is 3.71. The molecule has 0 amide bonds. The van der Waals surface area contributed by atoms with Crippen LogP contribution in [-0.2, 0) is 9.67 Å². The number of carbonyl (C=O) groups is 1. The first-order valence-electron chi connectivity index (χ1n) is 6.71. The fourth-order valence-electron chi connectivity index (χ4n) is 2.54. The van der Waals surface area contributed by atoms with Gasteiger partial charge in [-0.2, -0.15) is 0 Å². The average molecular weight is 324 g/mol. The summed E-state index contributed by atoms with van der Waals surface area (Å²) in [7, 11) is 1.36. The first-order valence-corrected chi connectivity index (χ1v) is 8.51. The molecule has 4 nitrogen and oxygen atoms in total. The van der Waals surface area contributed by atoms with Crippen LogP contribution in [0.5, 0.6) is 0 Å². The van der Waals surface area contributed by atoms with Crippen LogP contribution >= 0.6 is 23.1 Å². The maximum absolute atomic E-state index is 11.6. The van der Waals surface area contributed by atoms with E-state index in [9.17, 15) is 15.0 Å². The molecule has 0 bridgehead atoms. The minimum Gasteiger partial charge on any atom is -0.465 e. The minimum atomic E-state index is -1.26. The first-order chi connectivity index (χ1) is 10.0. The summed E-state index contributed by atoms with van der Waals surface area (Å²) in [5, 5.41) is 21.8. The van der Waals surface area contributed by atoms with Crippen LogP contribution in [0.4, 0.5) is 0 Å². The minimum absolute atomic E-state index is 0.358. The Morgan fingerprint density at radius 3 is 2.95 bits per heavy atom. The number of fused-ring (bicyclic) bond motifs is 1. The summed E-state index contributed by atoms with van der Waals surface area (Å²) in [6.07, 6.45) is 0.729. The third-order valence-corrected chi connectivity index (χ3v) is 6.25. The van der Waals surface area contributed by atoms with Gasteiger partial charge in [-0.25, -0.2) is 4.79 Å². The molecule has 0 spiro atoms. The molecule has 2 atom stereocenters. The zero-order valence-corrected chi connectivity index (χ0v) is 13.2. The van der Waals surface area contributed by atoms with Gasteiger partial charge in [-0.3, -0.25) is 0 Å². The number of carbonyl (C=O) groups excluding carboxylic acids is 1. The van der Waals surface area contributed by atoms with E-state index >= 15 is 0 Å². The van der Waals surface area contributed by atoms with Crippen molar-refractivity contribution in [2.45, 2.75) is 23.9 Å². The number of methoxy groups -OCH3 is 1. The van der Waals surface area contributed by atoms with Gasteiger partial charge in [0.25, 0.3) is 0 Å². The lowest BCUT2D eigenvalue weighted by molar-refractivity contribution is -0.0187. The molecule has 2 N–H and O–H groups in total. The molecule has 0 aliphatic carbocycles. The van der Waals surface area contributed by atoms with Crippen LogP contribution in [0, 0.1) is 0 Å². The lowest BCUT2D eigenvalue weighted by Crippen LogP contribution is -2.39. The highest BCUT2D eigenvalue weighted by Gasteiger charge is 2.40. The van der Waals surface area contributed by atoms with Crippen LogP contribution in [-0.4, -0.2) is 35.1 Å². The molecule has 112 valence electrons. The molecule has 1 aromatic carbocycles. The largest absolute Gasteiger partial charge is 0.465 e. The highest BCUT2D eigenvalue weighted by molar-refractivity contribution is 8.00. The van der Waals surface area contributed by atoms with Gasteiger partial charge in [0.2, 0.25) is 0 Å². The van der Waals surface area contributed by atoms with Crippen molar-refractivity contribution in [3.05, 3.63) is 34.7 Å². The monoisotopic (exact) mass is 324 g/mol. The van der Waals surface area contributed by atoms with Crippen LogP contribution in [0.3, 0.4) is 0 Å². The third kappa shape index (κ3) is 2.57. The Labute approximate surface area is 130 Å². The van der Waals surface area contributed by atoms with E-state index in [0.717, 1.165) is 22.3 Å². The van der Waals surface area contributed by atoms with Crippen LogP contribution < -0.4 is 0 Å². The Kier molecular flexibility index (Phi) is 3.96. The molecule has 1 aliphatic rings. The van der Waals surface area contributed by atoms with Gasteiger partial charge in [0.05, 0.1) is 13.2 Å². The van der Waals surface area contributed by atoms with Gasteiger partial charge in [-0.05, 0) is 47.7 Å². The maximum Gasteiger partial charge on any atom is 0.348 e. The van der Waals surface area contributed by atoms with E-state index in [0.29, 0.717) is 16.9 Å². The fourth-order valence-corrected chi connectivity index (χ4v) is 4.73. The summed E-state index contributed by atoms with van der Waals surface area (Å²) in [5.74, 6) is 0.464. The van der Waals surface area contributed by atoms with Gasteiger partial charge in [-0.15, -0.1) is 23.1 Å². The number of thiophene rings is 1. The van der Waals surface area contributed by atoms with Crippen molar-refractivity contribution in [2.24, 2.45) is 0 Å². The SMILES string of the molecule is COC(=O)c1cc2cc(C3(O)SCCCC3O)ccc2s1. The van der Waals surface area contributed by atoms with Crippen molar-refractivity contribution in [3.63, 3.8) is 0 Å². The highest BCUT2D eigenvalue weighted by Crippen LogP contribution is 2.44. The Bertz CT molecular complexity index is 681. The maximum atomic E-state index is 11.6. The molecule has 2 unspecified atom stereocenters. The van der Waals surface area contributed by atoms with Crippen molar-refractivity contribution in [1.82, 2.24) is 0 Å². The molecule has 1 saturated heterocycles. The van der Waals surface area contributed by atoms with Gasteiger partial charge in [-0.1, -0.05) is 6.07 Å². The summed E-state index contributed by atoms with van der Waals surface area (Å²) in [6.45, 7) is 0. The topological polar surface area (TPSA) is 66.8 Å². The van der Waals surface area contributed by atoms with Crippen LogP contribution in [0.25, 0.3) is 10.1 Å². The van der Waals surface area contributed by atoms with Gasteiger partial charge < -0.3 is 14.9 Å². The Balaban J connectivity index is 2.02. The number of hydrogen-bond acceptors (Lipinski definition) is 6. The number of aliphatic hydroxyl groups is 2.